The van der Waals surface area contributed by atoms with E-state index >= 15 is 0 Å². The fourth-order valence-electron chi connectivity index (χ4n) is 1.63. The Morgan fingerprint density at radius 2 is 1.85 bits per heavy atom. The van der Waals surface area contributed by atoms with Gasteiger partial charge in [-0.3, -0.25) is 0 Å². The van der Waals surface area contributed by atoms with Crippen LogP contribution in [-0.2, 0) is 6.61 Å². The number of ether oxygens (including phenoxy) is 2. The van der Waals surface area contributed by atoms with Gasteiger partial charge in [-0.25, -0.2) is 0 Å². The van der Waals surface area contributed by atoms with Gasteiger partial charge in [0, 0.05) is 4.47 Å². The van der Waals surface area contributed by atoms with Crippen LogP contribution in [0.25, 0.3) is 0 Å². The molecule has 0 spiro atoms. The molecular weight excluding hydrogens is 344 g/mol. The molecule has 0 fully saturated rings. The van der Waals surface area contributed by atoms with Crippen molar-refractivity contribution in [1.82, 2.24) is 0 Å². The smallest absolute Gasteiger partial charge is 0.138 e. The first-order valence-corrected chi connectivity index (χ1v) is 7.26. The van der Waals surface area contributed by atoms with Gasteiger partial charge in [0.05, 0.1) is 11.6 Å². The van der Waals surface area contributed by atoms with Crippen molar-refractivity contribution in [2.75, 3.05) is 13.2 Å². The molecule has 0 unspecified atom stereocenters. The molecule has 1 N–H and O–H groups in total. The molecule has 0 saturated heterocycles. The SMILES string of the molecule is OCc1ccc(OCCOc2cccc(Br)c2)c(Cl)c1. The van der Waals surface area contributed by atoms with Crippen molar-refractivity contribution < 1.29 is 14.6 Å². The first-order valence-electron chi connectivity index (χ1n) is 6.09. The molecule has 2 aromatic rings. The van der Waals surface area contributed by atoms with Gasteiger partial charge < -0.3 is 14.6 Å². The second-order valence-electron chi connectivity index (χ2n) is 4.08. The third kappa shape index (κ3) is 4.40. The second-order valence-corrected chi connectivity index (χ2v) is 5.40. The van der Waals surface area contributed by atoms with E-state index in [1.165, 1.54) is 0 Å². The predicted octanol–water partition coefficient (Wildman–Crippen LogP) is 4.05. The zero-order valence-electron chi connectivity index (χ0n) is 10.7. The maximum Gasteiger partial charge on any atom is 0.138 e. The average Bonchev–Trinajstić information content (AvgIpc) is 2.45. The molecule has 0 amide bonds. The molecule has 0 saturated carbocycles. The first kappa shape index (κ1) is 15.2. The van der Waals surface area contributed by atoms with Crippen molar-refractivity contribution in [2.45, 2.75) is 6.61 Å². The van der Waals surface area contributed by atoms with E-state index in [0.29, 0.717) is 24.0 Å². The van der Waals surface area contributed by atoms with Crippen LogP contribution in [0.5, 0.6) is 11.5 Å². The molecule has 0 aliphatic carbocycles. The maximum absolute atomic E-state index is 8.99. The van der Waals surface area contributed by atoms with Gasteiger partial charge in [-0.05, 0) is 35.9 Å². The van der Waals surface area contributed by atoms with E-state index in [1.807, 2.05) is 24.3 Å². The van der Waals surface area contributed by atoms with Gasteiger partial charge >= 0.3 is 0 Å². The molecule has 0 aromatic heterocycles. The zero-order valence-corrected chi connectivity index (χ0v) is 13.0. The molecule has 2 aromatic carbocycles. The summed E-state index contributed by atoms with van der Waals surface area (Å²) in [5, 5.41) is 9.48. The van der Waals surface area contributed by atoms with Gasteiger partial charge in [0.1, 0.15) is 24.7 Å². The predicted molar refractivity (Wildman–Crippen MR) is 82.5 cm³/mol. The number of halogens is 2. The minimum atomic E-state index is -0.0357. The summed E-state index contributed by atoms with van der Waals surface area (Å²) >= 11 is 9.42. The van der Waals surface area contributed by atoms with Crippen molar-refractivity contribution in [3.05, 3.63) is 57.5 Å². The van der Waals surface area contributed by atoms with Crippen LogP contribution in [-0.4, -0.2) is 18.3 Å². The van der Waals surface area contributed by atoms with E-state index in [1.54, 1.807) is 18.2 Å². The van der Waals surface area contributed by atoms with Crippen molar-refractivity contribution in [3.63, 3.8) is 0 Å². The molecule has 0 aliphatic heterocycles. The highest BCUT2D eigenvalue weighted by atomic mass is 79.9. The summed E-state index contributed by atoms with van der Waals surface area (Å²) in [6.45, 7) is 0.783. The molecular formula is C15H14BrClO3. The van der Waals surface area contributed by atoms with Crippen LogP contribution in [0.1, 0.15) is 5.56 Å². The Morgan fingerprint density at radius 1 is 1.05 bits per heavy atom. The van der Waals surface area contributed by atoms with Crippen molar-refractivity contribution >= 4 is 27.5 Å². The Balaban J connectivity index is 1.81. The van der Waals surface area contributed by atoms with Crippen LogP contribution in [0.3, 0.4) is 0 Å². The largest absolute Gasteiger partial charge is 0.490 e. The lowest BCUT2D eigenvalue weighted by Gasteiger charge is -2.10. The second kappa shape index (κ2) is 7.53. The summed E-state index contributed by atoms with van der Waals surface area (Å²) in [4.78, 5) is 0. The van der Waals surface area contributed by atoms with Crippen LogP contribution in [0.2, 0.25) is 5.02 Å². The Labute approximate surface area is 131 Å². The van der Waals surface area contributed by atoms with E-state index in [2.05, 4.69) is 15.9 Å². The summed E-state index contributed by atoms with van der Waals surface area (Å²) in [6.07, 6.45) is 0. The highest BCUT2D eigenvalue weighted by molar-refractivity contribution is 9.10. The third-order valence-electron chi connectivity index (χ3n) is 2.58. The number of rotatable bonds is 6. The molecule has 106 valence electrons. The third-order valence-corrected chi connectivity index (χ3v) is 3.37. The molecule has 0 bridgehead atoms. The molecule has 3 nitrogen and oxygen atoms in total. The topological polar surface area (TPSA) is 38.7 Å². The molecule has 0 heterocycles. The number of aliphatic hydroxyl groups is 1. The number of aliphatic hydroxyl groups excluding tert-OH is 1. The number of hydrogen-bond donors (Lipinski definition) is 1. The fraction of sp³-hybridized carbons (Fsp3) is 0.200. The maximum atomic E-state index is 8.99. The molecule has 2 rings (SSSR count). The standard InChI is InChI=1S/C15H14BrClO3/c16-12-2-1-3-13(9-12)19-6-7-20-15-5-4-11(10-18)8-14(15)17/h1-5,8-9,18H,6-7,10H2. The fourth-order valence-corrected chi connectivity index (χ4v) is 2.26. The van der Waals surface area contributed by atoms with Crippen molar-refractivity contribution in [1.29, 1.82) is 0 Å². The van der Waals surface area contributed by atoms with Gasteiger partial charge in [0.25, 0.3) is 0 Å². The molecule has 5 heteroatoms. The van der Waals surface area contributed by atoms with Crippen LogP contribution in [0, 0.1) is 0 Å². The Kier molecular flexibility index (Phi) is 5.71. The monoisotopic (exact) mass is 356 g/mol. The first-order chi connectivity index (χ1) is 9.69. The van der Waals surface area contributed by atoms with E-state index in [9.17, 15) is 0 Å². The van der Waals surface area contributed by atoms with Gasteiger partial charge in [0.2, 0.25) is 0 Å². The lowest BCUT2D eigenvalue weighted by atomic mass is 10.2. The van der Waals surface area contributed by atoms with Crippen LogP contribution < -0.4 is 9.47 Å². The lowest BCUT2D eigenvalue weighted by molar-refractivity contribution is 0.217. The average molecular weight is 358 g/mol. The van der Waals surface area contributed by atoms with E-state index in [0.717, 1.165) is 15.8 Å². The van der Waals surface area contributed by atoms with E-state index in [-0.39, 0.29) is 6.61 Å². The highest BCUT2D eigenvalue weighted by Gasteiger charge is 2.03. The summed E-state index contributed by atoms with van der Waals surface area (Å²) < 4.78 is 12.1. The van der Waals surface area contributed by atoms with Gasteiger partial charge in [-0.15, -0.1) is 0 Å². The number of hydrogen-bond acceptors (Lipinski definition) is 3. The summed E-state index contributed by atoms with van der Waals surface area (Å²) in [5.41, 5.74) is 0.757. The Bertz CT molecular complexity index is 575. The molecule has 20 heavy (non-hydrogen) atoms. The van der Waals surface area contributed by atoms with Crippen molar-refractivity contribution in [3.8, 4) is 11.5 Å². The Hall–Kier alpha value is -1.23. The lowest BCUT2D eigenvalue weighted by Crippen LogP contribution is -2.09. The Morgan fingerprint density at radius 3 is 2.55 bits per heavy atom. The van der Waals surface area contributed by atoms with E-state index in [4.69, 9.17) is 26.2 Å². The summed E-state index contributed by atoms with van der Waals surface area (Å²) in [5.74, 6) is 1.37. The molecule has 0 aliphatic rings. The number of benzene rings is 2. The van der Waals surface area contributed by atoms with E-state index < -0.39 is 0 Å². The van der Waals surface area contributed by atoms with Crippen molar-refractivity contribution in [2.24, 2.45) is 0 Å². The van der Waals surface area contributed by atoms with Crippen LogP contribution in [0.4, 0.5) is 0 Å². The molecule has 0 atom stereocenters. The minimum absolute atomic E-state index is 0.0357. The van der Waals surface area contributed by atoms with Gasteiger partial charge in [-0.2, -0.15) is 0 Å². The summed E-state index contributed by atoms with van der Waals surface area (Å²) in [7, 11) is 0. The quantitative estimate of drug-likeness (QED) is 0.793. The van der Waals surface area contributed by atoms with Gasteiger partial charge in [-0.1, -0.05) is 39.7 Å². The molecule has 0 radical (unpaired) electrons. The summed E-state index contributed by atoms with van der Waals surface area (Å²) in [6, 6.07) is 12.8. The normalized spacial score (nSPS) is 10.3. The van der Waals surface area contributed by atoms with Crippen LogP contribution >= 0.6 is 27.5 Å². The minimum Gasteiger partial charge on any atom is -0.490 e. The van der Waals surface area contributed by atoms with Gasteiger partial charge in [0.15, 0.2) is 0 Å². The van der Waals surface area contributed by atoms with Crippen LogP contribution in [0.15, 0.2) is 46.9 Å². The zero-order chi connectivity index (χ0) is 14.4. The highest BCUT2D eigenvalue weighted by Crippen LogP contribution is 2.25.